The van der Waals surface area contributed by atoms with E-state index in [2.05, 4.69) is 36.3 Å². The van der Waals surface area contributed by atoms with Gasteiger partial charge in [-0.15, -0.1) is 10.2 Å². The molecule has 4 aromatic rings. The van der Waals surface area contributed by atoms with E-state index < -0.39 is 0 Å². The Kier molecular flexibility index (Phi) is 3.59. The molecule has 0 saturated carbocycles. The molecule has 0 unspecified atom stereocenters. The molecular weight excluding hydrogens is 376 g/mol. The van der Waals surface area contributed by atoms with E-state index in [0.29, 0.717) is 5.02 Å². The van der Waals surface area contributed by atoms with E-state index in [0.717, 1.165) is 38.0 Å². The lowest BCUT2D eigenvalue weighted by molar-refractivity contribution is 1.08. The molecule has 0 aliphatic heterocycles. The molecule has 4 rings (SSSR count). The van der Waals surface area contributed by atoms with Crippen molar-refractivity contribution in [2.75, 3.05) is 0 Å². The first kappa shape index (κ1) is 14.4. The van der Waals surface area contributed by atoms with E-state index in [1.165, 1.54) is 0 Å². The van der Waals surface area contributed by atoms with Gasteiger partial charge in [-0.2, -0.15) is 5.10 Å². The summed E-state index contributed by atoms with van der Waals surface area (Å²) in [7, 11) is 0. The van der Waals surface area contributed by atoms with Crippen LogP contribution in [0.3, 0.4) is 0 Å². The van der Waals surface area contributed by atoms with Crippen LogP contribution in [0.15, 0.2) is 59.1 Å². The summed E-state index contributed by atoms with van der Waals surface area (Å²) >= 11 is 9.36. The molecule has 23 heavy (non-hydrogen) atoms. The maximum atomic E-state index is 5.93. The van der Waals surface area contributed by atoms with Crippen LogP contribution >= 0.6 is 27.5 Å². The van der Waals surface area contributed by atoms with Crippen molar-refractivity contribution in [3.63, 3.8) is 0 Å². The van der Waals surface area contributed by atoms with Gasteiger partial charge < -0.3 is 0 Å². The zero-order valence-electron chi connectivity index (χ0n) is 11.8. The van der Waals surface area contributed by atoms with Gasteiger partial charge in [0, 0.05) is 20.6 Å². The quantitative estimate of drug-likeness (QED) is 0.522. The molecule has 0 fully saturated rings. The Balaban J connectivity index is 1.79. The number of nitrogens with zero attached hydrogens (tertiary/aromatic N) is 3. The van der Waals surface area contributed by atoms with E-state index in [1.807, 2.05) is 54.6 Å². The summed E-state index contributed by atoms with van der Waals surface area (Å²) in [4.78, 5) is 0. The lowest BCUT2D eigenvalue weighted by Crippen LogP contribution is -1.89. The van der Waals surface area contributed by atoms with Crippen LogP contribution in [0, 0.1) is 0 Å². The van der Waals surface area contributed by atoms with Crippen LogP contribution in [0.5, 0.6) is 0 Å². The minimum Gasteiger partial charge on any atom is -0.275 e. The fourth-order valence-electron chi connectivity index (χ4n) is 2.39. The average molecular weight is 386 g/mol. The highest BCUT2D eigenvalue weighted by molar-refractivity contribution is 9.10. The zero-order valence-corrected chi connectivity index (χ0v) is 14.1. The van der Waals surface area contributed by atoms with Gasteiger partial charge in [0.05, 0.1) is 11.2 Å². The molecule has 6 heteroatoms. The first-order chi connectivity index (χ1) is 11.2. The first-order valence-electron chi connectivity index (χ1n) is 6.94. The molecule has 2 aromatic carbocycles. The monoisotopic (exact) mass is 384 g/mol. The van der Waals surface area contributed by atoms with Gasteiger partial charge in [0.2, 0.25) is 0 Å². The molecule has 4 nitrogen and oxygen atoms in total. The SMILES string of the molecule is Clc1ccc(-c2n[nH]c3cc(-c4ccc(Br)cc4)nnc23)cc1. The van der Waals surface area contributed by atoms with Crippen molar-refractivity contribution in [2.24, 2.45) is 0 Å². The van der Waals surface area contributed by atoms with Crippen LogP contribution in [0.1, 0.15) is 0 Å². The van der Waals surface area contributed by atoms with E-state index in [1.54, 1.807) is 0 Å². The molecule has 2 aromatic heterocycles. The topological polar surface area (TPSA) is 54.5 Å². The molecule has 2 heterocycles. The van der Waals surface area contributed by atoms with E-state index in [4.69, 9.17) is 11.6 Å². The number of rotatable bonds is 2. The molecular formula is C17H10BrClN4. The summed E-state index contributed by atoms with van der Waals surface area (Å²) in [6, 6.07) is 17.4. The maximum Gasteiger partial charge on any atom is 0.139 e. The summed E-state index contributed by atoms with van der Waals surface area (Å²) in [5.74, 6) is 0. The Labute approximate surface area is 145 Å². The van der Waals surface area contributed by atoms with Gasteiger partial charge in [-0.25, -0.2) is 0 Å². The molecule has 0 spiro atoms. The molecule has 112 valence electrons. The van der Waals surface area contributed by atoms with Crippen molar-refractivity contribution in [1.29, 1.82) is 0 Å². The highest BCUT2D eigenvalue weighted by Gasteiger charge is 2.12. The number of hydrogen-bond acceptors (Lipinski definition) is 3. The number of H-pyrrole nitrogens is 1. The van der Waals surface area contributed by atoms with Crippen LogP contribution in [0.2, 0.25) is 5.02 Å². The van der Waals surface area contributed by atoms with Gasteiger partial charge >= 0.3 is 0 Å². The molecule has 0 aliphatic rings. The van der Waals surface area contributed by atoms with Crippen molar-refractivity contribution in [2.45, 2.75) is 0 Å². The Morgan fingerprint density at radius 1 is 0.870 bits per heavy atom. The summed E-state index contributed by atoms with van der Waals surface area (Å²) in [5.41, 5.74) is 5.12. The van der Waals surface area contributed by atoms with Crippen molar-refractivity contribution in [3.8, 4) is 22.5 Å². The average Bonchev–Trinajstić information content (AvgIpc) is 2.99. The van der Waals surface area contributed by atoms with Crippen LogP contribution in [0.25, 0.3) is 33.5 Å². The third kappa shape index (κ3) is 2.73. The van der Waals surface area contributed by atoms with Crippen molar-refractivity contribution < 1.29 is 0 Å². The summed E-state index contributed by atoms with van der Waals surface area (Å²) in [5, 5.41) is 16.8. The van der Waals surface area contributed by atoms with Crippen molar-refractivity contribution >= 4 is 38.6 Å². The fourth-order valence-corrected chi connectivity index (χ4v) is 2.78. The minimum absolute atomic E-state index is 0.692. The lowest BCUT2D eigenvalue weighted by Gasteiger charge is -2.01. The number of aromatic amines is 1. The summed E-state index contributed by atoms with van der Waals surface area (Å²) < 4.78 is 1.03. The van der Waals surface area contributed by atoms with E-state index >= 15 is 0 Å². The molecule has 0 amide bonds. The van der Waals surface area contributed by atoms with Crippen LogP contribution in [-0.2, 0) is 0 Å². The Morgan fingerprint density at radius 3 is 2.30 bits per heavy atom. The second-order valence-electron chi connectivity index (χ2n) is 5.08. The first-order valence-corrected chi connectivity index (χ1v) is 8.11. The predicted molar refractivity (Wildman–Crippen MR) is 95.3 cm³/mol. The standard InChI is InChI=1S/C17H10BrClN4/c18-12-5-1-10(2-6-12)14-9-15-17(23-20-14)16(22-21-15)11-3-7-13(19)8-4-11/h1-9H,(H,21,22). The largest absolute Gasteiger partial charge is 0.275 e. The van der Waals surface area contributed by atoms with Gasteiger partial charge in [-0.05, 0) is 30.3 Å². The van der Waals surface area contributed by atoms with Crippen LogP contribution < -0.4 is 0 Å². The Hall–Kier alpha value is -2.24. The Bertz CT molecular complexity index is 978. The third-order valence-electron chi connectivity index (χ3n) is 3.56. The Morgan fingerprint density at radius 2 is 1.57 bits per heavy atom. The predicted octanol–water partition coefficient (Wildman–Crippen LogP) is 5.10. The number of fused-ring (bicyclic) bond motifs is 1. The fraction of sp³-hybridized carbons (Fsp3) is 0. The normalized spacial score (nSPS) is 11.0. The minimum atomic E-state index is 0.692. The van der Waals surface area contributed by atoms with Crippen molar-refractivity contribution in [1.82, 2.24) is 20.4 Å². The number of hydrogen-bond donors (Lipinski definition) is 1. The molecule has 1 N–H and O–H groups in total. The number of benzene rings is 2. The zero-order chi connectivity index (χ0) is 15.8. The van der Waals surface area contributed by atoms with Crippen molar-refractivity contribution in [3.05, 3.63) is 64.1 Å². The highest BCUT2D eigenvalue weighted by atomic mass is 79.9. The highest BCUT2D eigenvalue weighted by Crippen LogP contribution is 2.28. The van der Waals surface area contributed by atoms with E-state index in [-0.39, 0.29) is 0 Å². The molecule has 0 saturated heterocycles. The number of aromatic nitrogens is 4. The molecule has 0 bridgehead atoms. The molecule has 0 aliphatic carbocycles. The van der Waals surface area contributed by atoms with Gasteiger partial charge in [0.1, 0.15) is 11.2 Å². The van der Waals surface area contributed by atoms with Gasteiger partial charge in [0.25, 0.3) is 0 Å². The lowest BCUT2D eigenvalue weighted by atomic mass is 10.1. The summed E-state index contributed by atoms with van der Waals surface area (Å²) in [6.45, 7) is 0. The maximum absolute atomic E-state index is 5.93. The van der Waals surface area contributed by atoms with Gasteiger partial charge in [-0.1, -0.05) is 51.8 Å². The van der Waals surface area contributed by atoms with Gasteiger partial charge in [0.15, 0.2) is 0 Å². The van der Waals surface area contributed by atoms with E-state index in [9.17, 15) is 0 Å². The third-order valence-corrected chi connectivity index (χ3v) is 4.34. The second kappa shape index (κ2) is 5.76. The van der Waals surface area contributed by atoms with Crippen LogP contribution in [-0.4, -0.2) is 20.4 Å². The number of halogens is 2. The van der Waals surface area contributed by atoms with Crippen LogP contribution in [0.4, 0.5) is 0 Å². The second-order valence-corrected chi connectivity index (χ2v) is 6.43. The number of nitrogens with one attached hydrogen (secondary N) is 1. The smallest absolute Gasteiger partial charge is 0.139 e. The van der Waals surface area contributed by atoms with Gasteiger partial charge in [-0.3, -0.25) is 5.10 Å². The molecule has 0 radical (unpaired) electrons. The molecule has 0 atom stereocenters. The summed E-state index contributed by atoms with van der Waals surface area (Å²) in [6.07, 6.45) is 0.